The summed E-state index contributed by atoms with van der Waals surface area (Å²) in [5, 5.41) is 4.01. The highest BCUT2D eigenvalue weighted by Crippen LogP contribution is 2.33. The van der Waals surface area contributed by atoms with Gasteiger partial charge in [0, 0.05) is 31.3 Å². The molecule has 1 saturated heterocycles. The van der Waals surface area contributed by atoms with Gasteiger partial charge in [-0.05, 0) is 25.0 Å². The molecule has 0 bridgehead atoms. The molecule has 148 valence electrons. The largest absolute Gasteiger partial charge is 0.488 e. The molecule has 3 aromatic rings. The summed E-state index contributed by atoms with van der Waals surface area (Å²) < 4.78 is 11.7. The van der Waals surface area contributed by atoms with Crippen LogP contribution in [0, 0.1) is 5.92 Å². The van der Waals surface area contributed by atoms with E-state index in [1.165, 1.54) is 0 Å². The highest BCUT2D eigenvalue weighted by Gasteiger charge is 2.34. The molecule has 1 unspecified atom stereocenters. The van der Waals surface area contributed by atoms with Gasteiger partial charge in [-0.25, -0.2) is 4.98 Å². The molecule has 1 atom stereocenters. The second kappa shape index (κ2) is 7.62. The van der Waals surface area contributed by atoms with Gasteiger partial charge in [0.1, 0.15) is 17.5 Å². The Kier molecular flexibility index (Phi) is 4.67. The lowest BCUT2D eigenvalue weighted by Crippen LogP contribution is -2.38. The standard InChI is InChI=1S/C21H21N5O3/c27-21(14-4-3-5-14)26-11-8-15(13-26)28-18-7-2-1-6-16(18)20-24-19(25-29-20)17-12-22-9-10-23-17/h1-2,6-7,9-10,12,14-15H,3-5,8,11,13H2. The minimum Gasteiger partial charge on any atom is -0.488 e. The molecule has 1 aliphatic carbocycles. The number of nitrogens with zero attached hydrogens (tertiary/aromatic N) is 5. The van der Waals surface area contributed by atoms with E-state index in [-0.39, 0.29) is 17.9 Å². The van der Waals surface area contributed by atoms with Crippen molar-refractivity contribution in [1.29, 1.82) is 0 Å². The van der Waals surface area contributed by atoms with E-state index < -0.39 is 0 Å². The fourth-order valence-corrected chi connectivity index (χ4v) is 3.72. The van der Waals surface area contributed by atoms with Crippen LogP contribution in [-0.2, 0) is 4.79 Å². The maximum absolute atomic E-state index is 12.5. The van der Waals surface area contributed by atoms with Gasteiger partial charge in [-0.3, -0.25) is 9.78 Å². The molecule has 1 aliphatic heterocycles. The van der Waals surface area contributed by atoms with Crippen molar-refractivity contribution in [2.45, 2.75) is 31.8 Å². The first kappa shape index (κ1) is 17.8. The molecule has 8 nitrogen and oxygen atoms in total. The van der Waals surface area contributed by atoms with Gasteiger partial charge in [0.25, 0.3) is 5.89 Å². The Morgan fingerprint density at radius 3 is 2.86 bits per heavy atom. The van der Waals surface area contributed by atoms with Crippen molar-refractivity contribution in [3.05, 3.63) is 42.9 Å². The van der Waals surface area contributed by atoms with Gasteiger partial charge in [-0.15, -0.1) is 0 Å². The maximum atomic E-state index is 12.5. The lowest BCUT2D eigenvalue weighted by Gasteiger charge is -2.29. The van der Waals surface area contributed by atoms with Crippen molar-refractivity contribution in [3.8, 4) is 28.7 Å². The van der Waals surface area contributed by atoms with Crippen molar-refractivity contribution < 1.29 is 14.1 Å². The van der Waals surface area contributed by atoms with E-state index in [1.807, 2.05) is 29.2 Å². The number of aromatic nitrogens is 4. The molecule has 0 N–H and O–H groups in total. The van der Waals surface area contributed by atoms with Crippen LogP contribution in [0.5, 0.6) is 5.75 Å². The van der Waals surface area contributed by atoms with E-state index >= 15 is 0 Å². The fourth-order valence-electron chi connectivity index (χ4n) is 3.72. The van der Waals surface area contributed by atoms with E-state index in [2.05, 4.69) is 20.1 Å². The van der Waals surface area contributed by atoms with Gasteiger partial charge in [-0.1, -0.05) is 23.7 Å². The summed E-state index contributed by atoms with van der Waals surface area (Å²) in [6.45, 7) is 1.37. The Morgan fingerprint density at radius 1 is 1.17 bits per heavy atom. The Labute approximate surface area is 167 Å². The number of benzene rings is 1. The molecule has 8 heteroatoms. The number of para-hydroxylation sites is 1. The zero-order valence-corrected chi connectivity index (χ0v) is 15.9. The van der Waals surface area contributed by atoms with Gasteiger partial charge in [0.05, 0.1) is 18.3 Å². The zero-order chi connectivity index (χ0) is 19.6. The van der Waals surface area contributed by atoms with Gasteiger partial charge in [0.15, 0.2) is 0 Å². The first-order chi connectivity index (χ1) is 14.3. The lowest BCUT2D eigenvalue weighted by atomic mass is 9.84. The normalized spacial score (nSPS) is 19.2. The van der Waals surface area contributed by atoms with Gasteiger partial charge in [0.2, 0.25) is 11.7 Å². The minimum absolute atomic E-state index is 0.0393. The molecule has 3 heterocycles. The SMILES string of the molecule is O=C(C1CCC1)N1CCC(Oc2ccccc2-c2nc(-c3cnccn3)no2)C1. The average molecular weight is 391 g/mol. The Morgan fingerprint density at radius 2 is 2.07 bits per heavy atom. The predicted octanol–water partition coefficient (Wildman–Crippen LogP) is 2.97. The van der Waals surface area contributed by atoms with E-state index in [0.717, 1.165) is 37.8 Å². The highest BCUT2D eigenvalue weighted by atomic mass is 16.5. The number of rotatable bonds is 5. The van der Waals surface area contributed by atoms with Crippen molar-refractivity contribution in [3.63, 3.8) is 0 Å². The summed E-state index contributed by atoms with van der Waals surface area (Å²) in [6, 6.07) is 7.58. The molecule has 2 fully saturated rings. The van der Waals surface area contributed by atoms with Crippen molar-refractivity contribution in [2.24, 2.45) is 5.92 Å². The molecule has 29 heavy (non-hydrogen) atoms. The van der Waals surface area contributed by atoms with E-state index in [9.17, 15) is 4.79 Å². The third kappa shape index (κ3) is 3.57. The van der Waals surface area contributed by atoms with Crippen LogP contribution >= 0.6 is 0 Å². The number of hydrogen-bond acceptors (Lipinski definition) is 7. The van der Waals surface area contributed by atoms with Crippen LogP contribution in [0.3, 0.4) is 0 Å². The summed E-state index contributed by atoms with van der Waals surface area (Å²) in [7, 11) is 0. The first-order valence-corrected chi connectivity index (χ1v) is 9.93. The zero-order valence-electron chi connectivity index (χ0n) is 15.9. The van der Waals surface area contributed by atoms with Crippen LogP contribution in [0.1, 0.15) is 25.7 Å². The predicted molar refractivity (Wildman–Crippen MR) is 104 cm³/mol. The Hall–Kier alpha value is -3.29. The monoisotopic (exact) mass is 391 g/mol. The van der Waals surface area contributed by atoms with Crippen LogP contribution in [0.4, 0.5) is 0 Å². The Bertz CT molecular complexity index is 1000. The third-order valence-corrected chi connectivity index (χ3v) is 5.54. The molecule has 5 rings (SSSR count). The average Bonchev–Trinajstić information content (AvgIpc) is 3.38. The molecule has 1 saturated carbocycles. The Balaban J connectivity index is 1.32. The van der Waals surface area contributed by atoms with Gasteiger partial charge in [-0.2, -0.15) is 4.98 Å². The molecular weight excluding hydrogens is 370 g/mol. The van der Waals surface area contributed by atoms with Crippen LogP contribution in [-0.4, -0.2) is 50.1 Å². The van der Waals surface area contributed by atoms with Crippen molar-refractivity contribution >= 4 is 5.91 Å². The second-order valence-electron chi connectivity index (χ2n) is 7.45. The van der Waals surface area contributed by atoms with Gasteiger partial charge >= 0.3 is 0 Å². The number of carbonyl (C=O) groups is 1. The molecule has 2 aliphatic rings. The first-order valence-electron chi connectivity index (χ1n) is 9.93. The minimum atomic E-state index is -0.0393. The lowest BCUT2D eigenvalue weighted by molar-refractivity contribution is -0.137. The molecule has 1 amide bonds. The molecular formula is C21H21N5O3. The third-order valence-electron chi connectivity index (χ3n) is 5.54. The summed E-state index contributed by atoms with van der Waals surface area (Å²) in [5.41, 5.74) is 1.26. The van der Waals surface area contributed by atoms with Crippen molar-refractivity contribution in [2.75, 3.05) is 13.1 Å². The second-order valence-corrected chi connectivity index (χ2v) is 7.45. The molecule has 1 aromatic carbocycles. The summed E-state index contributed by atoms with van der Waals surface area (Å²) >= 11 is 0. The van der Waals surface area contributed by atoms with E-state index in [4.69, 9.17) is 9.26 Å². The maximum Gasteiger partial charge on any atom is 0.262 e. The van der Waals surface area contributed by atoms with Gasteiger partial charge < -0.3 is 14.2 Å². The smallest absolute Gasteiger partial charge is 0.262 e. The number of carbonyl (C=O) groups excluding carboxylic acids is 1. The molecule has 0 radical (unpaired) electrons. The van der Waals surface area contributed by atoms with Crippen LogP contribution in [0.2, 0.25) is 0 Å². The fraction of sp³-hybridized carbons (Fsp3) is 0.381. The number of hydrogen-bond donors (Lipinski definition) is 0. The summed E-state index contributed by atoms with van der Waals surface area (Å²) in [4.78, 5) is 27.1. The summed E-state index contributed by atoms with van der Waals surface area (Å²) in [5.74, 6) is 1.91. The quantitative estimate of drug-likeness (QED) is 0.660. The summed E-state index contributed by atoms with van der Waals surface area (Å²) in [6.07, 6.45) is 8.75. The van der Waals surface area contributed by atoms with E-state index in [1.54, 1.807) is 18.6 Å². The highest BCUT2D eigenvalue weighted by molar-refractivity contribution is 5.80. The van der Waals surface area contributed by atoms with Crippen LogP contribution < -0.4 is 4.74 Å². The van der Waals surface area contributed by atoms with Crippen molar-refractivity contribution in [1.82, 2.24) is 25.0 Å². The van der Waals surface area contributed by atoms with Crippen LogP contribution in [0.25, 0.3) is 23.0 Å². The molecule has 0 spiro atoms. The van der Waals surface area contributed by atoms with E-state index in [0.29, 0.717) is 29.7 Å². The number of amides is 1. The molecule has 2 aromatic heterocycles. The number of likely N-dealkylation sites (tertiary alicyclic amines) is 1. The number of ether oxygens (including phenoxy) is 1. The van der Waals surface area contributed by atoms with Crippen LogP contribution in [0.15, 0.2) is 47.4 Å². The topological polar surface area (TPSA) is 94.2 Å².